The van der Waals surface area contributed by atoms with Crippen LogP contribution >= 0.6 is 0 Å². The molecule has 0 saturated carbocycles. The molecule has 0 bridgehead atoms. The van der Waals surface area contributed by atoms with Gasteiger partial charge in [0, 0.05) is 38.3 Å². The molecular weight excluding hydrogens is 290 g/mol. The number of sulfone groups is 1. The van der Waals surface area contributed by atoms with E-state index in [-0.39, 0.29) is 17.7 Å². The van der Waals surface area contributed by atoms with Crippen LogP contribution in [0, 0.1) is 5.92 Å². The topological polar surface area (TPSA) is 79.4 Å². The summed E-state index contributed by atoms with van der Waals surface area (Å²) < 4.78 is 22.7. The van der Waals surface area contributed by atoms with Crippen LogP contribution in [0.5, 0.6) is 0 Å². The van der Waals surface area contributed by atoms with Crippen LogP contribution < -0.4 is 5.32 Å². The van der Waals surface area contributed by atoms with E-state index in [0.717, 1.165) is 18.4 Å². The molecule has 0 aliphatic carbocycles. The Bertz CT molecular complexity index is 574. The van der Waals surface area contributed by atoms with E-state index in [1.165, 1.54) is 6.26 Å². The first-order valence-electron chi connectivity index (χ1n) is 7.03. The number of likely N-dealkylation sites (tertiary alicyclic amines) is 1. The van der Waals surface area contributed by atoms with E-state index >= 15 is 0 Å². The monoisotopic (exact) mass is 311 g/mol. The summed E-state index contributed by atoms with van der Waals surface area (Å²) in [5.41, 5.74) is 0.940. The number of hydrogen-bond acceptors (Lipinski definition) is 4. The number of carbonyl (C=O) groups is 1. The van der Waals surface area contributed by atoms with Crippen LogP contribution in [0.25, 0.3) is 0 Å². The summed E-state index contributed by atoms with van der Waals surface area (Å²) in [5.74, 6) is 0.192. The van der Waals surface area contributed by atoms with Crippen molar-refractivity contribution in [2.45, 2.75) is 19.4 Å². The van der Waals surface area contributed by atoms with E-state index in [9.17, 15) is 13.2 Å². The fourth-order valence-corrected chi connectivity index (χ4v) is 3.73. The Kier molecular flexibility index (Phi) is 5.17. The summed E-state index contributed by atoms with van der Waals surface area (Å²) in [4.78, 5) is 17.8. The predicted molar refractivity (Wildman–Crippen MR) is 80.5 cm³/mol. The summed E-state index contributed by atoms with van der Waals surface area (Å²) in [6.45, 7) is 1.62. The molecule has 0 spiro atoms. The minimum atomic E-state index is -2.99. The van der Waals surface area contributed by atoms with Crippen molar-refractivity contribution in [3.8, 4) is 0 Å². The highest BCUT2D eigenvalue weighted by atomic mass is 32.2. The average Bonchev–Trinajstić information content (AvgIpc) is 2.44. The lowest BCUT2D eigenvalue weighted by molar-refractivity contribution is 0.170. The molecule has 2 rings (SSSR count). The van der Waals surface area contributed by atoms with Crippen molar-refractivity contribution in [2.24, 2.45) is 5.92 Å². The highest BCUT2D eigenvalue weighted by Crippen LogP contribution is 2.18. The van der Waals surface area contributed by atoms with Crippen LogP contribution in [0.1, 0.15) is 18.4 Å². The van der Waals surface area contributed by atoms with Gasteiger partial charge in [-0.2, -0.15) is 0 Å². The molecule has 21 heavy (non-hydrogen) atoms. The van der Waals surface area contributed by atoms with Crippen molar-refractivity contribution in [3.63, 3.8) is 0 Å². The highest BCUT2D eigenvalue weighted by Gasteiger charge is 2.25. The third-order valence-corrected chi connectivity index (χ3v) is 4.59. The Labute approximate surface area is 125 Å². The van der Waals surface area contributed by atoms with Crippen molar-refractivity contribution in [2.75, 3.05) is 25.1 Å². The van der Waals surface area contributed by atoms with Crippen molar-refractivity contribution < 1.29 is 13.2 Å². The summed E-state index contributed by atoms with van der Waals surface area (Å²) in [7, 11) is -2.99. The maximum absolute atomic E-state index is 12.1. The first-order chi connectivity index (χ1) is 9.94. The first-order valence-corrected chi connectivity index (χ1v) is 9.09. The molecule has 2 heterocycles. The number of carbonyl (C=O) groups excluding carboxylic acids is 1. The van der Waals surface area contributed by atoms with E-state index < -0.39 is 9.84 Å². The van der Waals surface area contributed by atoms with Gasteiger partial charge in [-0.25, -0.2) is 13.2 Å². The second kappa shape index (κ2) is 6.89. The Morgan fingerprint density at radius 2 is 2.33 bits per heavy atom. The van der Waals surface area contributed by atoms with E-state index in [0.29, 0.717) is 19.6 Å². The molecule has 1 saturated heterocycles. The van der Waals surface area contributed by atoms with Crippen LogP contribution in [0.3, 0.4) is 0 Å². The van der Waals surface area contributed by atoms with Crippen LogP contribution in [-0.2, 0) is 16.4 Å². The van der Waals surface area contributed by atoms with E-state index in [1.807, 2.05) is 12.1 Å². The summed E-state index contributed by atoms with van der Waals surface area (Å²) in [6.07, 6.45) is 6.35. The molecule has 1 fully saturated rings. The van der Waals surface area contributed by atoms with Gasteiger partial charge in [0.05, 0.1) is 5.75 Å². The second-order valence-electron chi connectivity index (χ2n) is 5.57. The normalized spacial score (nSPS) is 19.3. The van der Waals surface area contributed by atoms with Crippen LogP contribution in [0.2, 0.25) is 0 Å². The molecule has 1 aromatic heterocycles. The number of nitrogens with zero attached hydrogens (tertiary/aromatic N) is 2. The molecule has 1 aliphatic rings. The third-order valence-electron chi connectivity index (χ3n) is 3.51. The molecule has 0 radical (unpaired) electrons. The van der Waals surface area contributed by atoms with Gasteiger partial charge in [0.15, 0.2) is 0 Å². The molecule has 1 atom stereocenters. The number of urea groups is 1. The van der Waals surface area contributed by atoms with Crippen molar-refractivity contribution in [1.29, 1.82) is 0 Å². The van der Waals surface area contributed by atoms with Crippen molar-refractivity contribution >= 4 is 15.9 Å². The highest BCUT2D eigenvalue weighted by molar-refractivity contribution is 7.90. The van der Waals surface area contributed by atoms with Gasteiger partial charge in [0.25, 0.3) is 0 Å². The SMILES string of the molecule is CS(=O)(=O)C[C@@H]1CCCN(C(=O)NCc2cccnc2)C1. The maximum Gasteiger partial charge on any atom is 0.317 e. The molecule has 1 aromatic rings. The van der Waals surface area contributed by atoms with Gasteiger partial charge in [-0.15, -0.1) is 0 Å². The molecule has 0 unspecified atom stereocenters. The lowest BCUT2D eigenvalue weighted by atomic mass is 10.0. The van der Waals surface area contributed by atoms with Crippen LogP contribution in [0.4, 0.5) is 4.79 Å². The van der Waals surface area contributed by atoms with Gasteiger partial charge in [0.1, 0.15) is 9.84 Å². The van der Waals surface area contributed by atoms with Gasteiger partial charge in [-0.3, -0.25) is 4.98 Å². The van der Waals surface area contributed by atoms with E-state index in [4.69, 9.17) is 0 Å². The largest absolute Gasteiger partial charge is 0.334 e. The zero-order chi connectivity index (χ0) is 15.3. The zero-order valence-corrected chi connectivity index (χ0v) is 13.0. The van der Waals surface area contributed by atoms with Crippen molar-refractivity contribution in [3.05, 3.63) is 30.1 Å². The predicted octanol–water partition coefficient (Wildman–Crippen LogP) is 1.05. The van der Waals surface area contributed by atoms with Crippen molar-refractivity contribution in [1.82, 2.24) is 15.2 Å². The Balaban J connectivity index is 1.84. The number of hydrogen-bond donors (Lipinski definition) is 1. The smallest absolute Gasteiger partial charge is 0.317 e. The summed E-state index contributed by atoms with van der Waals surface area (Å²) in [5, 5.41) is 2.85. The number of amides is 2. The first kappa shape index (κ1) is 15.8. The third kappa shape index (κ3) is 5.34. The molecule has 0 aromatic carbocycles. The fourth-order valence-electron chi connectivity index (χ4n) is 2.61. The average molecular weight is 311 g/mol. The van der Waals surface area contributed by atoms with Gasteiger partial charge >= 0.3 is 6.03 Å². The van der Waals surface area contributed by atoms with E-state index in [1.54, 1.807) is 17.3 Å². The zero-order valence-electron chi connectivity index (χ0n) is 12.2. The Morgan fingerprint density at radius 1 is 1.52 bits per heavy atom. The van der Waals surface area contributed by atoms with Gasteiger partial charge in [-0.05, 0) is 30.4 Å². The Morgan fingerprint density at radius 3 is 3.00 bits per heavy atom. The number of rotatable bonds is 4. The van der Waals surface area contributed by atoms with Crippen LogP contribution in [0.15, 0.2) is 24.5 Å². The second-order valence-corrected chi connectivity index (χ2v) is 7.75. The molecule has 6 nitrogen and oxygen atoms in total. The Hall–Kier alpha value is -1.63. The number of pyridine rings is 1. The molecular formula is C14H21N3O3S. The maximum atomic E-state index is 12.1. The lowest BCUT2D eigenvalue weighted by Crippen LogP contribution is -2.46. The molecule has 2 amide bonds. The van der Waals surface area contributed by atoms with Gasteiger partial charge in [-0.1, -0.05) is 6.07 Å². The minimum absolute atomic E-state index is 0.0397. The fraction of sp³-hybridized carbons (Fsp3) is 0.571. The minimum Gasteiger partial charge on any atom is -0.334 e. The van der Waals surface area contributed by atoms with Crippen LogP contribution in [-0.4, -0.2) is 49.4 Å². The quantitative estimate of drug-likeness (QED) is 0.901. The molecule has 7 heteroatoms. The molecule has 116 valence electrons. The summed E-state index contributed by atoms with van der Waals surface area (Å²) >= 11 is 0. The standard InChI is InChI=1S/C14H21N3O3S/c1-21(19,20)11-13-5-3-7-17(10-13)14(18)16-9-12-4-2-6-15-8-12/h2,4,6,8,13H,3,5,7,9-11H2,1H3,(H,16,18)/t13-/m1/s1. The lowest BCUT2D eigenvalue weighted by Gasteiger charge is -2.32. The molecule has 1 aliphatic heterocycles. The van der Waals surface area contributed by atoms with E-state index in [2.05, 4.69) is 10.3 Å². The number of aromatic nitrogens is 1. The number of piperidine rings is 1. The number of nitrogens with one attached hydrogen (secondary N) is 1. The molecule has 1 N–H and O–H groups in total. The summed E-state index contributed by atoms with van der Waals surface area (Å²) in [6, 6.07) is 3.58. The van der Waals surface area contributed by atoms with Gasteiger partial charge in [0.2, 0.25) is 0 Å². The van der Waals surface area contributed by atoms with Gasteiger partial charge < -0.3 is 10.2 Å².